The molecule has 1 saturated carbocycles. The number of sulfonamides is 1. The van der Waals surface area contributed by atoms with Crippen molar-refractivity contribution in [3.63, 3.8) is 0 Å². The topological polar surface area (TPSA) is 115 Å². The lowest BCUT2D eigenvalue weighted by atomic mass is 9.86. The van der Waals surface area contributed by atoms with Crippen LogP contribution in [0.15, 0.2) is 4.99 Å². The van der Waals surface area contributed by atoms with Gasteiger partial charge in [-0.1, -0.05) is 6.42 Å². The number of carbonyl (C=O) groups is 1. The lowest BCUT2D eigenvalue weighted by Crippen LogP contribution is -2.50. The standard InChI is InChI=1S/C18H36N6O3S/c1-3-20-18(21-9-12-28(26,27)22-13-15-5-4-6-15)23-16-7-10-24(11-8-16)14-17(25)19-2/h15-16,22H,3-14H2,1-2H3,(H,19,25)(H2,20,21,23). The summed E-state index contributed by atoms with van der Waals surface area (Å²) in [4.78, 5) is 18.0. The Morgan fingerprint density at radius 2 is 1.89 bits per heavy atom. The second-order valence-corrected chi connectivity index (χ2v) is 9.52. The van der Waals surface area contributed by atoms with Crippen LogP contribution in [0.25, 0.3) is 0 Å². The van der Waals surface area contributed by atoms with Crippen molar-refractivity contribution in [2.24, 2.45) is 10.9 Å². The van der Waals surface area contributed by atoms with Gasteiger partial charge in [-0.2, -0.15) is 0 Å². The number of piperidine rings is 1. The van der Waals surface area contributed by atoms with Gasteiger partial charge in [0.05, 0.1) is 18.8 Å². The van der Waals surface area contributed by atoms with Crippen molar-refractivity contribution < 1.29 is 13.2 Å². The Kier molecular flexibility index (Phi) is 9.46. The number of aliphatic imine (C=N–C) groups is 1. The Hall–Kier alpha value is -1.39. The lowest BCUT2D eigenvalue weighted by Gasteiger charge is -2.32. The molecule has 0 aromatic rings. The van der Waals surface area contributed by atoms with Gasteiger partial charge in [-0.15, -0.1) is 0 Å². The molecule has 9 nitrogen and oxygen atoms in total. The number of likely N-dealkylation sites (tertiary alicyclic amines) is 1. The molecule has 1 heterocycles. The van der Waals surface area contributed by atoms with E-state index in [9.17, 15) is 13.2 Å². The Balaban J connectivity index is 1.73. The molecule has 0 atom stereocenters. The number of hydrogen-bond acceptors (Lipinski definition) is 5. The molecule has 28 heavy (non-hydrogen) atoms. The summed E-state index contributed by atoms with van der Waals surface area (Å²) < 4.78 is 26.9. The normalized spacial score (nSPS) is 19.9. The van der Waals surface area contributed by atoms with Crippen LogP contribution >= 0.6 is 0 Å². The van der Waals surface area contributed by atoms with Crippen LogP contribution < -0.4 is 20.7 Å². The maximum atomic E-state index is 12.1. The van der Waals surface area contributed by atoms with Crippen molar-refractivity contribution in [2.45, 2.75) is 45.1 Å². The Morgan fingerprint density at radius 3 is 2.46 bits per heavy atom. The van der Waals surface area contributed by atoms with E-state index in [1.807, 2.05) is 6.92 Å². The van der Waals surface area contributed by atoms with Gasteiger partial charge in [0.1, 0.15) is 0 Å². The fraction of sp³-hybridized carbons (Fsp3) is 0.889. The van der Waals surface area contributed by atoms with E-state index in [1.165, 1.54) is 6.42 Å². The molecule has 0 spiro atoms. The molecule has 1 amide bonds. The maximum Gasteiger partial charge on any atom is 0.233 e. The van der Waals surface area contributed by atoms with Crippen molar-refractivity contribution in [1.82, 2.24) is 25.6 Å². The van der Waals surface area contributed by atoms with Gasteiger partial charge in [0.25, 0.3) is 0 Å². The summed E-state index contributed by atoms with van der Waals surface area (Å²) in [6.07, 6.45) is 5.29. The molecule has 2 aliphatic rings. The van der Waals surface area contributed by atoms with Gasteiger partial charge in [0.2, 0.25) is 15.9 Å². The van der Waals surface area contributed by atoms with E-state index >= 15 is 0 Å². The second kappa shape index (κ2) is 11.6. The van der Waals surface area contributed by atoms with Crippen LogP contribution in [-0.4, -0.2) is 83.3 Å². The van der Waals surface area contributed by atoms with E-state index in [-0.39, 0.29) is 24.2 Å². The zero-order chi connectivity index (χ0) is 20.4. The monoisotopic (exact) mass is 416 g/mol. The largest absolute Gasteiger partial charge is 0.358 e. The SMILES string of the molecule is CCNC(=NCCS(=O)(=O)NCC1CCC1)NC1CCN(CC(=O)NC)CC1. The fourth-order valence-corrected chi connectivity index (χ4v) is 4.29. The number of carbonyl (C=O) groups excluding carboxylic acids is 1. The summed E-state index contributed by atoms with van der Waals surface area (Å²) in [5.74, 6) is 1.20. The van der Waals surface area contributed by atoms with Gasteiger partial charge in [0.15, 0.2) is 5.96 Å². The van der Waals surface area contributed by atoms with Crippen molar-refractivity contribution >= 4 is 21.9 Å². The molecule has 1 aliphatic heterocycles. The Morgan fingerprint density at radius 1 is 1.18 bits per heavy atom. The van der Waals surface area contributed by atoms with Gasteiger partial charge >= 0.3 is 0 Å². The van der Waals surface area contributed by atoms with Crippen LogP contribution in [0.2, 0.25) is 0 Å². The minimum absolute atomic E-state index is 0.000861. The molecular weight excluding hydrogens is 380 g/mol. The first-order valence-corrected chi connectivity index (χ1v) is 12.0. The molecule has 4 N–H and O–H groups in total. The van der Waals surface area contributed by atoms with Crippen LogP contribution in [0, 0.1) is 5.92 Å². The van der Waals surface area contributed by atoms with Crippen LogP contribution in [0.1, 0.15) is 39.0 Å². The van der Waals surface area contributed by atoms with Gasteiger partial charge < -0.3 is 16.0 Å². The average molecular weight is 417 g/mol. The first-order chi connectivity index (χ1) is 13.4. The van der Waals surface area contributed by atoms with E-state index in [2.05, 4.69) is 30.6 Å². The van der Waals surface area contributed by atoms with E-state index < -0.39 is 10.0 Å². The highest BCUT2D eigenvalue weighted by molar-refractivity contribution is 7.89. The third-order valence-corrected chi connectivity index (χ3v) is 6.69. The molecule has 2 fully saturated rings. The van der Waals surface area contributed by atoms with E-state index in [1.54, 1.807) is 7.05 Å². The number of rotatable bonds is 10. The van der Waals surface area contributed by atoms with Gasteiger partial charge in [-0.3, -0.25) is 14.7 Å². The molecular formula is C18H36N6O3S. The Bertz CT molecular complexity index is 613. The van der Waals surface area contributed by atoms with Crippen LogP contribution in [-0.2, 0) is 14.8 Å². The number of amides is 1. The Labute approximate surface area is 169 Å². The summed E-state index contributed by atoms with van der Waals surface area (Å²) in [6, 6.07) is 0.270. The van der Waals surface area contributed by atoms with Crippen molar-refractivity contribution in [3.05, 3.63) is 0 Å². The molecule has 0 unspecified atom stereocenters. The number of guanidine groups is 1. The maximum absolute atomic E-state index is 12.1. The summed E-state index contributed by atoms with van der Waals surface area (Å²) in [5.41, 5.74) is 0. The first kappa shape index (κ1) is 22.9. The quantitative estimate of drug-likeness (QED) is 0.281. The molecule has 0 aromatic carbocycles. The third-order valence-electron chi connectivity index (χ3n) is 5.37. The predicted octanol–water partition coefficient (Wildman–Crippen LogP) is -0.529. The smallest absolute Gasteiger partial charge is 0.233 e. The molecule has 1 aliphatic carbocycles. The van der Waals surface area contributed by atoms with Crippen LogP contribution in [0.4, 0.5) is 0 Å². The van der Waals surface area contributed by atoms with Crippen LogP contribution in [0.5, 0.6) is 0 Å². The highest BCUT2D eigenvalue weighted by atomic mass is 32.2. The van der Waals surface area contributed by atoms with Crippen molar-refractivity contribution in [1.29, 1.82) is 0 Å². The number of likely N-dealkylation sites (N-methyl/N-ethyl adjacent to an activating group) is 1. The molecule has 0 aromatic heterocycles. The minimum Gasteiger partial charge on any atom is -0.358 e. The predicted molar refractivity (Wildman–Crippen MR) is 112 cm³/mol. The van der Waals surface area contributed by atoms with E-state index in [4.69, 9.17) is 0 Å². The second-order valence-electron chi connectivity index (χ2n) is 7.59. The van der Waals surface area contributed by atoms with Crippen LogP contribution in [0.3, 0.4) is 0 Å². The highest BCUT2D eigenvalue weighted by Gasteiger charge is 2.22. The summed E-state index contributed by atoms with van der Waals surface area (Å²) in [5, 5.41) is 9.23. The molecule has 10 heteroatoms. The third kappa shape index (κ3) is 8.32. The van der Waals surface area contributed by atoms with E-state index in [0.717, 1.165) is 38.8 Å². The molecule has 0 radical (unpaired) electrons. The van der Waals surface area contributed by atoms with Crippen molar-refractivity contribution in [3.8, 4) is 0 Å². The van der Waals surface area contributed by atoms with Crippen molar-refractivity contribution in [2.75, 3.05) is 52.1 Å². The first-order valence-electron chi connectivity index (χ1n) is 10.4. The van der Waals surface area contributed by atoms with Gasteiger partial charge in [-0.05, 0) is 38.5 Å². The fourth-order valence-electron chi connectivity index (χ4n) is 3.32. The number of nitrogens with zero attached hydrogens (tertiary/aromatic N) is 2. The zero-order valence-electron chi connectivity index (χ0n) is 17.2. The summed E-state index contributed by atoms with van der Waals surface area (Å²) in [6.45, 7) is 5.62. The lowest BCUT2D eigenvalue weighted by molar-refractivity contribution is -0.122. The summed E-state index contributed by atoms with van der Waals surface area (Å²) in [7, 11) is -1.62. The molecule has 0 bridgehead atoms. The van der Waals surface area contributed by atoms with Gasteiger partial charge in [0, 0.05) is 39.3 Å². The minimum atomic E-state index is -3.28. The number of hydrogen-bond donors (Lipinski definition) is 4. The zero-order valence-corrected chi connectivity index (χ0v) is 18.0. The number of nitrogens with one attached hydrogen (secondary N) is 4. The summed E-state index contributed by atoms with van der Waals surface area (Å²) >= 11 is 0. The van der Waals surface area contributed by atoms with Gasteiger partial charge in [-0.25, -0.2) is 13.1 Å². The molecule has 2 rings (SSSR count). The molecule has 162 valence electrons. The highest BCUT2D eigenvalue weighted by Crippen LogP contribution is 2.25. The molecule has 1 saturated heterocycles. The van der Waals surface area contributed by atoms with E-state index in [0.29, 0.717) is 31.5 Å². The average Bonchev–Trinajstić information content (AvgIpc) is 2.61.